The zero-order valence-corrected chi connectivity index (χ0v) is 13.9. The molecule has 0 aliphatic heterocycles. The number of nitrogens with one attached hydrogen (secondary N) is 2. The lowest BCUT2D eigenvalue weighted by atomic mass is 9.95. The molecule has 0 atom stereocenters. The monoisotopic (exact) mass is 340 g/mol. The zero-order chi connectivity index (χ0) is 17.6. The minimum atomic E-state index is -0.487. The van der Waals surface area contributed by atoms with Crippen LogP contribution < -0.4 is 10.6 Å². The molecule has 25 heavy (non-hydrogen) atoms. The first-order valence-electron chi connectivity index (χ1n) is 8.60. The molecule has 2 aromatic rings. The number of halogens is 1. The summed E-state index contributed by atoms with van der Waals surface area (Å²) < 4.78 is 13.6. The second kappa shape index (κ2) is 7.92. The van der Waals surface area contributed by atoms with E-state index in [0.717, 1.165) is 25.7 Å². The molecule has 2 N–H and O–H groups in total. The van der Waals surface area contributed by atoms with Gasteiger partial charge in [-0.1, -0.05) is 31.4 Å². The van der Waals surface area contributed by atoms with Crippen molar-refractivity contribution < 1.29 is 14.0 Å². The van der Waals surface area contributed by atoms with Gasteiger partial charge in [-0.2, -0.15) is 0 Å². The number of anilines is 1. The van der Waals surface area contributed by atoms with E-state index in [1.165, 1.54) is 18.6 Å². The third-order valence-electron chi connectivity index (χ3n) is 4.47. The van der Waals surface area contributed by atoms with Gasteiger partial charge in [0.1, 0.15) is 5.82 Å². The van der Waals surface area contributed by atoms with Crippen LogP contribution in [0.15, 0.2) is 48.5 Å². The number of rotatable bonds is 4. The number of para-hydroxylation sites is 1. The van der Waals surface area contributed by atoms with Crippen LogP contribution in [0.3, 0.4) is 0 Å². The quantitative estimate of drug-likeness (QED) is 0.879. The van der Waals surface area contributed by atoms with E-state index in [0.29, 0.717) is 11.1 Å². The van der Waals surface area contributed by atoms with Crippen LogP contribution in [0.1, 0.15) is 52.8 Å². The summed E-state index contributed by atoms with van der Waals surface area (Å²) in [7, 11) is 0. The lowest BCUT2D eigenvalue weighted by molar-refractivity contribution is 0.0926. The van der Waals surface area contributed by atoms with Crippen LogP contribution in [-0.2, 0) is 0 Å². The summed E-state index contributed by atoms with van der Waals surface area (Å²) >= 11 is 0. The third-order valence-corrected chi connectivity index (χ3v) is 4.47. The topological polar surface area (TPSA) is 58.2 Å². The molecule has 1 saturated carbocycles. The summed E-state index contributed by atoms with van der Waals surface area (Å²) in [5, 5.41) is 5.57. The number of carbonyl (C=O) groups excluding carboxylic acids is 2. The average molecular weight is 340 g/mol. The Morgan fingerprint density at radius 2 is 1.44 bits per heavy atom. The largest absolute Gasteiger partial charge is 0.349 e. The minimum absolute atomic E-state index is 0.118. The fourth-order valence-corrected chi connectivity index (χ4v) is 3.05. The van der Waals surface area contributed by atoms with E-state index in [4.69, 9.17) is 0 Å². The lowest BCUT2D eigenvalue weighted by Crippen LogP contribution is -2.36. The SMILES string of the molecule is O=C(Nc1ccccc1F)c1ccc(C(=O)NC2CCCCC2)cc1. The fraction of sp³-hybridized carbons (Fsp3) is 0.300. The molecule has 130 valence electrons. The first kappa shape index (κ1) is 17.1. The van der Waals surface area contributed by atoms with Crippen molar-refractivity contribution in [2.24, 2.45) is 0 Å². The van der Waals surface area contributed by atoms with E-state index < -0.39 is 11.7 Å². The van der Waals surface area contributed by atoms with Crippen LogP contribution in [0.4, 0.5) is 10.1 Å². The molecule has 1 aliphatic rings. The number of amides is 2. The van der Waals surface area contributed by atoms with Crippen molar-refractivity contribution >= 4 is 17.5 Å². The van der Waals surface area contributed by atoms with Gasteiger partial charge in [0.05, 0.1) is 5.69 Å². The molecule has 0 spiro atoms. The summed E-state index contributed by atoms with van der Waals surface area (Å²) in [6, 6.07) is 12.6. The number of benzene rings is 2. The second-order valence-corrected chi connectivity index (χ2v) is 6.32. The molecule has 0 aromatic heterocycles. The van der Waals surface area contributed by atoms with Crippen molar-refractivity contribution in [2.75, 3.05) is 5.32 Å². The van der Waals surface area contributed by atoms with Crippen molar-refractivity contribution in [3.63, 3.8) is 0 Å². The number of hydrogen-bond acceptors (Lipinski definition) is 2. The van der Waals surface area contributed by atoms with Gasteiger partial charge in [-0.25, -0.2) is 4.39 Å². The van der Waals surface area contributed by atoms with Crippen molar-refractivity contribution in [1.82, 2.24) is 5.32 Å². The highest BCUT2D eigenvalue weighted by atomic mass is 19.1. The molecule has 2 amide bonds. The molecule has 0 radical (unpaired) electrons. The Labute approximate surface area is 146 Å². The molecule has 2 aromatic carbocycles. The highest BCUT2D eigenvalue weighted by Gasteiger charge is 2.17. The number of carbonyl (C=O) groups is 2. The Kier molecular flexibility index (Phi) is 5.43. The highest BCUT2D eigenvalue weighted by molar-refractivity contribution is 6.05. The summed E-state index contributed by atoms with van der Waals surface area (Å²) in [5.41, 5.74) is 1.03. The first-order chi connectivity index (χ1) is 12.1. The van der Waals surface area contributed by atoms with Crippen molar-refractivity contribution in [3.8, 4) is 0 Å². The van der Waals surface area contributed by atoms with E-state index in [-0.39, 0.29) is 17.6 Å². The first-order valence-corrected chi connectivity index (χ1v) is 8.60. The molecule has 5 heteroatoms. The molecular weight excluding hydrogens is 319 g/mol. The third kappa shape index (κ3) is 4.44. The molecule has 0 saturated heterocycles. The van der Waals surface area contributed by atoms with Gasteiger partial charge >= 0.3 is 0 Å². The van der Waals surface area contributed by atoms with Gasteiger partial charge < -0.3 is 10.6 Å². The van der Waals surface area contributed by atoms with E-state index in [1.54, 1.807) is 36.4 Å². The number of hydrogen-bond donors (Lipinski definition) is 2. The maximum Gasteiger partial charge on any atom is 0.255 e. The molecule has 0 unspecified atom stereocenters. The predicted octanol–water partition coefficient (Wildman–Crippen LogP) is 4.14. The highest BCUT2D eigenvalue weighted by Crippen LogP contribution is 2.18. The van der Waals surface area contributed by atoms with Gasteiger partial charge in [-0.05, 0) is 49.2 Å². The van der Waals surface area contributed by atoms with Crippen molar-refractivity contribution in [1.29, 1.82) is 0 Å². The molecule has 3 rings (SSSR count). The van der Waals surface area contributed by atoms with E-state index >= 15 is 0 Å². The van der Waals surface area contributed by atoms with E-state index in [9.17, 15) is 14.0 Å². The standard InChI is InChI=1S/C20H21FN2O2/c21-17-8-4-5-9-18(17)23-20(25)15-12-10-14(11-13-15)19(24)22-16-6-2-1-3-7-16/h4-5,8-13,16H,1-3,6-7H2,(H,22,24)(H,23,25). The average Bonchev–Trinajstić information content (AvgIpc) is 2.64. The van der Waals surface area contributed by atoms with E-state index in [2.05, 4.69) is 10.6 Å². The molecule has 0 heterocycles. The Bertz CT molecular complexity index is 753. The minimum Gasteiger partial charge on any atom is -0.349 e. The van der Waals surface area contributed by atoms with Gasteiger partial charge in [0.15, 0.2) is 0 Å². The van der Waals surface area contributed by atoms with E-state index in [1.807, 2.05) is 0 Å². The molecule has 0 bridgehead atoms. The van der Waals surface area contributed by atoms with Crippen LogP contribution in [0.25, 0.3) is 0 Å². The summed E-state index contributed by atoms with van der Waals surface area (Å²) in [6.45, 7) is 0. The predicted molar refractivity (Wildman–Crippen MR) is 95.1 cm³/mol. The zero-order valence-electron chi connectivity index (χ0n) is 13.9. The Morgan fingerprint density at radius 1 is 0.840 bits per heavy atom. The molecule has 1 aliphatic carbocycles. The van der Waals surface area contributed by atoms with Gasteiger partial charge in [-0.15, -0.1) is 0 Å². The van der Waals surface area contributed by atoms with Crippen LogP contribution in [0.2, 0.25) is 0 Å². The Balaban J connectivity index is 1.62. The van der Waals surface area contributed by atoms with Gasteiger partial charge in [-0.3, -0.25) is 9.59 Å². The second-order valence-electron chi connectivity index (χ2n) is 6.32. The van der Waals surface area contributed by atoms with Crippen LogP contribution in [0.5, 0.6) is 0 Å². The van der Waals surface area contributed by atoms with Gasteiger partial charge in [0.25, 0.3) is 11.8 Å². The van der Waals surface area contributed by atoms with Crippen molar-refractivity contribution in [3.05, 3.63) is 65.5 Å². The van der Waals surface area contributed by atoms with Gasteiger partial charge in [0.2, 0.25) is 0 Å². The van der Waals surface area contributed by atoms with Crippen LogP contribution >= 0.6 is 0 Å². The van der Waals surface area contributed by atoms with Crippen LogP contribution in [-0.4, -0.2) is 17.9 Å². The molecular formula is C20H21FN2O2. The maximum atomic E-state index is 13.6. The van der Waals surface area contributed by atoms with Crippen LogP contribution in [0, 0.1) is 5.82 Å². The Hall–Kier alpha value is -2.69. The fourth-order valence-electron chi connectivity index (χ4n) is 3.05. The summed E-state index contributed by atoms with van der Waals surface area (Å²) in [5.74, 6) is -1.02. The summed E-state index contributed by atoms with van der Waals surface area (Å²) in [4.78, 5) is 24.5. The van der Waals surface area contributed by atoms with Gasteiger partial charge in [0, 0.05) is 17.2 Å². The molecule has 4 nitrogen and oxygen atoms in total. The smallest absolute Gasteiger partial charge is 0.255 e. The lowest BCUT2D eigenvalue weighted by Gasteiger charge is -2.22. The Morgan fingerprint density at radius 3 is 2.08 bits per heavy atom. The normalized spacial score (nSPS) is 14.8. The molecule has 1 fully saturated rings. The summed E-state index contributed by atoms with van der Waals surface area (Å²) in [6.07, 6.45) is 5.59. The van der Waals surface area contributed by atoms with Crippen molar-refractivity contribution in [2.45, 2.75) is 38.1 Å². The maximum absolute atomic E-state index is 13.6.